The van der Waals surface area contributed by atoms with Crippen LogP contribution in [0.3, 0.4) is 0 Å². The average molecular weight is 805 g/mol. The zero-order chi connectivity index (χ0) is 42.0. The Morgan fingerprint density at radius 1 is 0.230 bits per heavy atom. The fourth-order valence-corrected chi connectivity index (χ4v) is 12.4. The monoisotopic (exact) mass is 804 g/mol. The van der Waals surface area contributed by atoms with Crippen molar-refractivity contribution in [3.63, 3.8) is 0 Å². The largest absolute Gasteiger partial charge is 0.388 e. The summed E-state index contributed by atoms with van der Waals surface area (Å²) in [5.41, 5.74) is 8.05. The first kappa shape index (κ1) is 39.0. The van der Waals surface area contributed by atoms with E-state index in [9.17, 15) is 0 Å². The number of rotatable bonds is 12. The van der Waals surface area contributed by atoms with E-state index < -0.39 is 8.07 Å². The van der Waals surface area contributed by atoms with Gasteiger partial charge in [0, 0.05) is 0 Å². The van der Waals surface area contributed by atoms with E-state index >= 15 is 0 Å². The Morgan fingerprint density at radius 2 is 0.377 bits per heavy atom. The molecule has 8 rings (SSSR count). The summed E-state index contributed by atoms with van der Waals surface area (Å²) in [4.78, 5) is 0. The van der Waals surface area contributed by atoms with Crippen molar-refractivity contribution in [2.24, 2.45) is 0 Å². The van der Waals surface area contributed by atoms with Gasteiger partial charge in [0.25, 0.3) is 25.0 Å². The number of ether oxygens (including phenoxy) is 4. The van der Waals surface area contributed by atoms with E-state index in [1.165, 1.54) is 20.7 Å². The predicted octanol–water partition coefficient (Wildman–Crippen LogP) is 9.17. The first-order chi connectivity index (χ1) is 30.0. The molecule has 0 amide bonds. The van der Waals surface area contributed by atoms with Crippen molar-refractivity contribution in [3.8, 4) is 92.5 Å². The van der Waals surface area contributed by atoms with Gasteiger partial charge in [-0.3, -0.25) is 0 Å². The molecule has 0 saturated carbocycles. The van der Waals surface area contributed by atoms with Crippen molar-refractivity contribution in [1.29, 1.82) is 21.0 Å². The topological polar surface area (TPSA) is 132 Å². The van der Waals surface area contributed by atoms with E-state index in [2.05, 4.69) is 97.1 Å². The smallest absolute Gasteiger partial charge is 0.292 e. The van der Waals surface area contributed by atoms with E-state index in [-0.39, 0.29) is 0 Å². The van der Waals surface area contributed by atoms with Crippen LogP contribution < -0.4 is 39.7 Å². The minimum atomic E-state index is -3.10. The lowest BCUT2D eigenvalue weighted by molar-refractivity contribution is 0.507. The molecule has 0 unspecified atom stereocenters. The van der Waals surface area contributed by atoms with Crippen LogP contribution >= 0.6 is 0 Å². The van der Waals surface area contributed by atoms with Crippen LogP contribution in [0.2, 0.25) is 0 Å². The molecule has 0 N–H and O–H groups in total. The highest BCUT2D eigenvalue weighted by molar-refractivity contribution is 7.19. The summed E-state index contributed by atoms with van der Waals surface area (Å²) in [6.45, 7) is 0. The molecular formula is C52H32N4O4Si. The van der Waals surface area contributed by atoms with Crippen molar-refractivity contribution in [2.75, 3.05) is 0 Å². The molecule has 0 bridgehead atoms. The van der Waals surface area contributed by atoms with Gasteiger partial charge in [0.15, 0.2) is 8.07 Å². The fourth-order valence-electron chi connectivity index (χ4n) is 7.72. The summed E-state index contributed by atoms with van der Waals surface area (Å²) in [7, 11) is -3.10. The summed E-state index contributed by atoms with van der Waals surface area (Å²) in [5.74, 6) is 1.92. The van der Waals surface area contributed by atoms with Gasteiger partial charge in [-0.1, -0.05) is 146 Å². The zero-order valence-electron chi connectivity index (χ0n) is 32.4. The van der Waals surface area contributed by atoms with Gasteiger partial charge in [0.05, 0.1) is 0 Å². The third kappa shape index (κ3) is 8.14. The summed E-state index contributed by atoms with van der Waals surface area (Å²) in [6.07, 6.45) is 6.92. The Hall–Kier alpha value is -8.86. The van der Waals surface area contributed by atoms with Crippen molar-refractivity contribution in [3.05, 3.63) is 194 Å². The van der Waals surface area contributed by atoms with Crippen molar-refractivity contribution in [1.82, 2.24) is 0 Å². The van der Waals surface area contributed by atoms with Crippen LogP contribution in [0.1, 0.15) is 0 Å². The number of nitrogens with zero attached hydrogens (tertiary/aromatic N) is 4. The molecule has 0 spiro atoms. The molecular weight excluding hydrogens is 773 g/mol. The normalized spacial score (nSPS) is 10.6. The van der Waals surface area contributed by atoms with Crippen LogP contribution in [0.15, 0.2) is 194 Å². The Bertz CT molecular complexity index is 2530. The average Bonchev–Trinajstić information content (AvgIpc) is 3.32. The second kappa shape index (κ2) is 17.7. The van der Waals surface area contributed by atoms with E-state index in [0.717, 1.165) is 44.5 Å². The van der Waals surface area contributed by atoms with Crippen LogP contribution in [-0.4, -0.2) is 8.07 Å². The number of hydrogen-bond donors (Lipinski definition) is 0. The molecule has 0 aliphatic carbocycles. The molecule has 9 heteroatoms. The van der Waals surface area contributed by atoms with Crippen LogP contribution in [0.5, 0.6) is 23.0 Å². The Labute approximate surface area is 354 Å². The third-order valence-electron chi connectivity index (χ3n) is 10.7. The van der Waals surface area contributed by atoms with E-state index in [1.54, 1.807) is 73.6 Å². The van der Waals surface area contributed by atoms with Crippen LogP contribution in [-0.2, 0) is 0 Å². The Kier molecular flexibility index (Phi) is 11.3. The minimum absolute atomic E-state index is 0.481. The fraction of sp³-hybridized carbons (Fsp3) is 0. The first-order valence-corrected chi connectivity index (χ1v) is 21.1. The third-order valence-corrected chi connectivity index (χ3v) is 15.5. The molecule has 8 aromatic rings. The number of benzene rings is 8. The number of nitriles is 4. The maximum absolute atomic E-state index is 8.99. The molecule has 0 radical (unpaired) electrons. The number of hydrogen-bond acceptors (Lipinski definition) is 8. The highest BCUT2D eigenvalue weighted by atomic mass is 28.3. The molecule has 0 fully saturated rings. The van der Waals surface area contributed by atoms with Gasteiger partial charge in [-0.2, -0.15) is 0 Å². The summed E-state index contributed by atoms with van der Waals surface area (Å²) in [5, 5.41) is 40.6. The first-order valence-electron chi connectivity index (χ1n) is 19.1. The Morgan fingerprint density at radius 3 is 0.525 bits per heavy atom. The second-order valence-corrected chi connectivity index (χ2v) is 17.7. The standard InChI is InChI=1S/C52H32N4O4Si/c53-33-57-45-17-1-37(2-18-45)41-9-25-49(26-10-41)61(50-27-11-42(12-28-50)38-3-19-46(20-4-38)58-34-54,51-29-13-43(14-30-51)39-5-21-47(22-6-39)59-35-55)52-31-15-44(16-32-52)40-7-23-48(24-8-40)60-36-56/h1-32H. The van der Waals surface area contributed by atoms with E-state index in [4.69, 9.17) is 40.0 Å². The van der Waals surface area contributed by atoms with E-state index in [1.807, 2.05) is 48.5 Å². The molecule has 288 valence electrons. The van der Waals surface area contributed by atoms with Gasteiger partial charge in [0.1, 0.15) is 23.0 Å². The highest BCUT2D eigenvalue weighted by Gasteiger charge is 2.41. The van der Waals surface area contributed by atoms with Crippen LogP contribution in [0.4, 0.5) is 0 Å². The second-order valence-electron chi connectivity index (χ2n) is 13.9. The molecule has 61 heavy (non-hydrogen) atoms. The van der Waals surface area contributed by atoms with Crippen molar-refractivity contribution < 1.29 is 18.9 Å². The highest BCUT2D eigenvalue weighted by Crippen LogP contribution is 2.28. The lowest BCUT2D eigenvalue weighted by Crippen LogP contribution is -2.74. The van der Waals surface area contributed by atoms with Crippen LogP contribution in [0.25, 0.3) is 44.5 Å². The Balaban J connectivity index is 1.29. The minimum Gasteiger partial charge on any atom is -0.388 e. The molecule has 0 aliphatic heterocycles. The summed E-state index contributed by atoms with van der Waals surface area (Å²) >= 11 is 0. The maximum Gasteiger partial charge on any atom is 0.292 e. The lowest BCUT2D eigenvalue weighted by Gasteiger charge is -2.35. The molecule has 0 aliphatic rings. The van der Waals surface area contributed by atoms with Crippen molar-refractivity contribution in [2.45, 2.75) is 0 Å². The predicted molar refractivity (Wildman–Crippen MR) is 237 cm³/mol. The quantitative estimate of drug-likeness (QED) is 0.0679. The lowest BCUT2D eigenvalue weighted by atomic mass is 10.1. The van der Waals surface area contributed by atoms with Gasteiger partial charge in [-0.25, -0.2) is 0 Å². The van der Waals surface area contributed by atoms with Crippen molar-refractivity contribution >= 4 is 28.8 Å². The van der Waals surface area contributed by atoms with Gasteiger partial charge in [-0.05, 0) is 114 Å². The summed E-state index contributed by atoms with van der Waals surface area (Å²) < 4.78 is 20.1. The molecule has 8 nitrogen and oxygen atoms in total. The molecule has 8 aromatic carbocycles. The molecule has 0 heterocycles. The molecule has 0 atom stereocenters. The van der Waals surface area contributed by atoms with Gasteiger partial charge < -0.3 is 18.9 Å². The zero-order valence-corrected chi connectivity index (χ0v) is 33.4. The van der Waals surface area contributed by atoms with Gasteiger partial charge in [-0.15, -0.1) is 21.0 Å². The summed E-state index contributed by atoms with van der Waals surface area (Å²) in [6, 6.07) is 64.9. The van der Waals surface area contributed by atoms with Gasteiger partial charge >= 0.3 is 0 Å². The van der Waals surface area contributed by atoms with E-state index in [0.29, 0.717) is 23.0 Å². The van der Waals surface area contributed by atoms with Gasteiger partial charge in [0.2, 0.25) is 0 Å². The molecule has 0 saturated heterocycles. The van der Waals surface area contributed by atoms with Crippen LogP contribution in [0, 0.1) is 46.1 Å². The maximum atomic E-state index is 8.99. The SMILES string of the molecule is N#COc1ccc(-c2ccc([Si](c3ccc(-c4ccc(OC#N)cc4)cc3)(c3ccc(-c4ccc(OC#N)cc4)cc3)c3ccc(-c4ccc(OC#N)cc4)cc3)cc2)cc1. The molecule has 0 aromatic heterocycles.